The molecule has 0 saturated heterocycles. The molecule has 7 heteroatoms. The monoisotopic (exact) mass is 411 g/mol. The van der Waals surface area contributed by atoms with Crippen molar-refractivity contribution in [2.75, 3.05) is 11.9 Å². The van der Waals surface area contributed by atoms with Crippen LogP contribution in [0.4, 0.5) is 11.5 Å². The summed E-state index contributed by atoms with van der Waals surface area (Å²) in [7, 11) is 0. The maximum Gasteiger partial charge on any atom is 0.337 e. The number of pyridine rings is 1. The SMILES string of the molecule is O=C(O)c1ccncc1Nc1nn([C@H]2CNCc3ccccc32)cc1-c1ccccc1. The summed E-state index contributed by atoms with van der Waals surface area (Å²) in [6, 6.07) is 19.8. The normalized spacial score (nSPS) is 15.3. The summed E-state index contributed by atoms with van der Waals surface area (Å²) in [4.78, 5) is 15.7. The van der Waals surface area contributed by atoms with Crippen molar-refractivity contribution in [2.24, 2.45) is 0 Å². The minimum atomic E-state index is -1.02. The molecule has 5 rings (SSSR count). The van der Waals surface area contributed by atoms with Crippen LogP contribution in [0.25, 0.3) is 11.1 Å². The van der Waals surface area contributed by atoms with Gasteiger partial charge in [0.1, 0.15) is 0 Å². The first-order valence-electron chi connectivity index (χ1n) is 10.1. The second-order valence-electron chi connectivity index (χ2n) is 7.43. The van der Waals surface area contributed by atoms with Gasteiger partial charge in [0.25, 0.3) is 0 Å². The molecular weight excluding hydrogens is 390 g/mol. The smallest absolute Gasteiger partial charge is 0.337 e. The van der Waals surface area contributed by atoms with E-state index in [-0.39, 0.29) is 11.6 Å². The fourth-order valence-electron chi connectivity index (χ4n) is 3.99. The van der Waals surface area contributed by atoms with Crippen molar-refractivity contribution >= 4 is 17.5 Å². The Bertz CT molecular complexity index is 1240. The number of anilines is 2. The molecule has 1 atom stereocenters. The lowest BCUT2D eigenvalue weighted by molar-refractivity contribution is 0.0698. The van der Waals surface area contributed by atoms with Crippen LogP contribution in [0.1, 0.15) is 27.5 Å². The van der Waals surface area contributed by atoms with E-state index in [0.717, 1.165) is 24.2 Å². The quantitative estimate of drug-likeness (QED) is 0.458. The molecular formula is C24H21N5O2. The van der Waals surface area contributed by atoms with Crippen LogP contribution in [0, 0.1) is 0 Å². The third-order valence-electron chi connectivity index (χ3n) is 5.51. The molecule has 0 aliphatic carbocycles. The van der Waals surface area contributed by atoms with Crippen LogP contribution in [0.15, 0.2) is 79.3 Å². The van der Waals surface area contributed by atoms with Crippen molar-refractivity contribution in [1.29, 1.82) is 0 Å². The van der Waals surface area contributed by atoms with Crippen LogP contribution in [0.5, 0.6) is 0 Å². The van der Waals surface area contributed by atoms with E-state index in [1.807, 2.05) is 53.3 Å². The van der Waals surface area contributed by atoms with Crippen molar-refractivity contribution in [3.8, 4) is 11.1 Å². The van der Waals surface area contributed by atoms with E-state index in [1.165, 1.54) is 29.6 Å². The van der Waals surface area contributed by atoms with Gasteiger partial charge in [-0.25, -0.2) is 4.79 Å². The second kappa shape index (κ2) is 8.04. The highest BCUT2D eigenvalue weighted by atomic mass is 16.4. The van der Waals surface area contributed by atoms with E-state index in [9.17, 15) is 9.90 Å². The molecule has 0 amide bonds. The molecule has 0 spiro atoms. The van der Waals surface area contributed by atoms with Crippen LogP contribution < -0.4 is 10.6 Å². The molecule has 7 nitrogen and oxygen atoms in total. The van der Waals surface area contributed by atoms with Gasteiger partial charge in [0.15, 0.2) is 5.82 Å². The average molecular weight is 411 g/mol. The van der Waals surface area contributed by atoms with Crippen molar-refractivity contribution in [3.05, 3.63) is 95.9 Å². The lowest BCUT2D eigenvalue weighted by atomic mass is 9.97. The number of carboxylic acids is 1. The van der Waals surface area contributed by atoms with Gasteiger partial charge in [0.2, 0.25) is 0 Å². The highest BCUT2D eigenvalue weighted by Gasteiger charge is 2.24. The average Bonchev–Trinajstić information content (AvgIpc) is 3.23. The van der Waals surface area contributed by atoms with Crippen molar-refractivity contribution < 1.29 is 9.90 Å². The Morgan fingerprint density at radius 3 is 2.74 bits per heavy atom. The first-order valence-corrected chi connectivity index (χ1v) is 10.1. The van der Waals surface area contributed by atoms with Crippen molar-refractivity contribution in [1.82, 2.24) is 20.1 Å². The number of carboxylic acid groups (broad SMARTS) is 1. The van der Waals surface area contributed by atoms with Crippen molar-refractivity contribution in [3.63, 3.8) is 0 Å². The van der Waals surface area contributed by atoms with Gasteiger partial charge in [-0.05, 0) is 22.8 Å². The topological polar surface area (TPSA) is 92.1 Å². The molecule has 31 heavy (non-hydrogen) atoms. The Labute approximate surface area is 179 Å². The molecule has 2 aromatic heterocycles. The Balaban J connectivity index is 1.60. The van der Waals surface area contributed by atoms with E-state index < -0.39 is 5.97 Å². The molecule has 1 aliphatic heterocycles. The maximum atomic E-state index is 11.7. The molecule has 0 unspecified atom stereocenters. The Hall–Kier alpha value is -3.97. The highest BCUT2D eigenvalue weighted by molar-refractivity contribution is 5.95. The van der Waals surface area contributed by atoms with E-state index >= 15 is 0 Å². The molecule has 4 aromatic rings. The summed E-state index contributed by atoms with van der Waals surface area (Å²) in [6.45, 7) is 1.60. The Morgan fingerprint density at radius 1 is 1.10 bits per heavy atom. The van der Waals surface area contributed by atoms with Crippen LogP contribution in [-0.4, -0.2) is 32.4 Å². The predicted molar refractivity (Wildman–Crippen MR) is 118 cm³/mol. The number of rotatable bonds is 5. The van der Waals surface area contributed by atoms with Gasteiger partial charge >= 0.3 is 5.97 Å². The number of nitrogens with one attached hydrogen (secondary N) is 2. The highest BCUT2D eigenvalue weighted by Crippen LogP contribution is 2.33. The fourth-order valence-corrected chi connectivity index (χ4v) is 3.99. The number of aromatic carboxylic acids is 1. The minimum absolute atomic E-state index is 0.0378. The first kappa shape index (κ1) is 19.0. The van der Waals surface area contributed by atoms with Crippen LogP contribution in [-0.2, 0) is 6.54 Å². The number of aromatic nitrogens is 3. The third-order valence-corrected chi connectivity index (χ3v) is 5.51. The second-order valence-corrected chi connectivity index (χ2v) is 7.43. The van der Waals surface area contributed by atoms with Crippen molar-refractivity contribution in [2.45, 2.75) is 12.6 Å². The lowest BCUT2D eigenvalue weighted by Crippen LogP contribution is -2.32. The van der Waals surface area contributed by atoms with Gasteiger partial charge < -0.3 is 15.7 Å². The predicted octanol–water partition coefficient (Wildman–Crippen LogP) is 4.08. The van der Waals surface area contributed by atoms with Gasteiger partial charge in [0, 0.05) is 31.0 Å². The molecule has 0 bridgehead atoms. The summed E-state index contributed by atoms with van der Waals surface area (Å²) in [5.74, 6) is -0.430. The van der Waals surface area contributed by atoms with Gasteiger partial charge in [-0.15, -0.1) is 0 Å². The summed E-state index contributed by atoms with van der Waals surface area (Å²) in [5.41, 5.74) is 4.93. The summed E-state index contributed by atoms with van der Waals surface area (Å²) >= 11 is 0. The largest absolute Gasteiger partial charge is 0.478 e. The molecule has 2 aromatic carbocycles. The fraction of sp³-hybridized carbons (Fsp3) is 0.125. The zero-order valence-corrected chi connectivity index (χ0v) is 16.7. The number of fused-ring (bicyclic) bond motifs is 1. The number of hydrogen-bond acceptors (Lipinski definition) is 5. The molecule has 3 heterocycles. The zero-order chi connectivity index (χ0) is 21.2. The Morgan fingerprint density at radius 2 is 1.90 bits per heavy atom. The van der Waals surface area contributed by atoms with Crippen LogP contribution >= 0.6 is 0 Å². The minimum Gasteiger partial charge on any atom is -0.478 e. The van der Waals surface area contributed by atoms with Gasteiger partial charge in [-0.1, -0.05) is 54.6 Å². The van der Waals surface area contributed by atoms with Gasteiger partial charge in [0.05, 0.1) is 23.5 Å². The van der Waals surface area contributed by atoms with Crippen LogP contribution in [0.2, 0.25) is 0 Å². The standard InChI is InChI=1S/C24H21N5O2/c30-24(31)19-10-11-25-13-21(19)27-23-20(16-6-2-1-3-7-16)15-29(28-23)22-14-26-12-17-8-4-5-9-18(17)22/h1-11,13,15,22,26H,12,14H2,(H,27,28)(H,30,31)/t22-/m0/s1. The van der Waals surface area contributed by atoms with E-state index in [2.05, 4.69) is 27.8 Å². The molecule has 0 fully saturated rings. The third kappa shape index (κ3) is 3.67. The lowest BCUT2D eigenvalue weighted by Gasteiger charge is -2.26. The first-order chi connectivity index (χ1) is 15.2. The summed E-state index contributed by atoms with van der Waals surface area (Å²) in [5, 5.41) is 21.1. The maximum absolute atomic E-state index is 11.7. The molecule has 0 radical (unpaired) electrons. The van der Waals surface area contributed by atoms with E-state index in [0.29, 0.717) is 11.5 Å². The zero-order valence-electron chi connectivity index (χ0n) is 16.7. The number of benzene rings is 2. The summed E-state index contributed by atoms with van der Waals surface area (Å²) < 4.78 is 1.95. The molecule has 0 saturated carbocycles. The van der Waals surface area contributed by atoms with E-state index in [1.54, 1.807) is 0 Å². The Kier molecular flexibility index (Phi) is 4.93. The number of nitrogens with zero attached hydrogens (tertiary/aromatic N) is 3. The number of hydrogen-bond donors (Lipinski definition) is 3. The number of carbonyl (C=O) groups is 1. The summed E-state index contributed by atoms with van der Waals surface area (Å²) in [6.07, 6.45) is 4.99. The molecule has 1 aliphatic rings. The van der Waals surface area contributed by atoms with Gasteiger partial charge in [-0.3, -0.25) is 9.67 Å². The van der Waals surface area contributed by atoms with Crippen LogP contribution in [0.3, 0.4) is 0 Å². The van der Waals surface area contributed by atoms with E-state index in [4.69, 9.17) is 5.10 Å². The van der Waals surface area contributed by atoms with Gasteiger partial charge in [-0.2, -0.15) is 5.10 Å². The molecule has 3 N–H and O–H groups in total. The molecule has 154 valence electrons.